The first-order chi connectivity index (χ1) is 8.99. The molecule has 1 rings (SSSR count). The summed E-state index contributed by atoms with van der Waals surface area (Å²) in [6, 6.07) is 2.86. The quantitative estimate of drug-likeness (QED) is 0.660. The molecule has 0 fully saturated rings. The number of anilines is 1. The molecule has 0 saturated carbocycles. The van der Waals surface area contributed by atoms with Gasteiger partial charge in [0.2, 0.25) is 0 Å². The second kappa shape index (κ2) is 6.61. The highest BCUT2D eigenvalue weighted by atomic mass is 79.9. The van der Waals surface area contributed by atoms with Gasteiger partial charge in [-0.2, -0.15) is 0 Å². The van der Waals surface area contributed by atoms with E-state index in [1.807, 2.05) is 0 Å². The molecule has 1 amide bonds. The van der Waals surface area contributed by atoms with E-state index < -0.39 is 12.1 Å². The van der Waals surface area contributed by atoms with E-state index >= 15 is 0 Å². The number of carboxylic acid groups (broad SMARTS) is 1. The standard InChI is InChI=1S/C13H10BrNO4/c1-3-5-19-13(18)15-11-8(4-2)6-9(14)7-10(11)12(16)17/h2-3,6-7H,1,5H2,(H,15,18)(H,16,17). The molecule has 6 heteroatoms. The Morgan fingerprint density at radius 2 is 2.26 bits per heavy atom. The number of hydrogen-bond donors (Lipinski definition) is 2. The van der Waals surface area contributed by atoms with Crippen LogP contribution in [0.15, 0.2) is 29.3 Å². The van der Waals surface area contributed by atoms with Crippen molar-refractivity contribution in [3.63, 3.8) is 0 Å². The van der Waals surface area contributed by atoms with Crippen LogP contribution in [0.3, 0.4) is 0 Å². The van der Waals surface area contributed by atoms with Crippen LogP contribution in [0.25, 0.3) is 0 Å². The molecule has 0 aliphatic heterocycles. The Morgan fingerprint density at radius 3 is 2.79 bits per heavy atom. The van der Waals surface area contributed by atoms with Crippen LogP contribution in [-0.2, 0) is 4.74 Å². The minimum Gasteiger partial charge on any atom is -0.478 e. The van der Waals surface area contributed by atoms with Crippen molar-refractivity contribution in [2.24, 2.45) is 0 Å². The van der Waals surface area contributed by atoms with Crippen molar-refractivity contribution in [3.8, 4) is 12.3 Å². The smallest absolute Gasteiger partial charge is 0.411 e. The summed E-state index contributed by atoms with van der Waals surface area (Å²) >= 11 is 3.15. The Morgan fingerprint density at radius 1 is 1.58 bits per heavy atom. The molecule has 0 radical (unpaired) electrons. The van der Waals surface area contributed by atoms with E-state index in [1.54, 1.807) is 0 Å². The van der Waals surface area contributed by atoms with Crippen LogP contribution in [0.2, 0.25) is 0 Å². The van der Waals surface area contributed by atoms with Gasteiger partial charge >= 0.3 is 12.1 Å². The molecule has 5 nitrogen and oxygen atoms in total. The van der Waals surface area contributed by atoms with E-state index in [9.17, 15) is 9.59 Å². The molecule has 0 saturated heterocycles. The Kier molecular flexibility index (Phi) is 5.15. The van der Waals surface area contributed by atoms with Crippen LogP contribution < -0.4 is 5.32 Å². The molecule has 0 bridgehead atoms. The third kappa shape index (κ3) is 3.86. The normalized spacial score (nSPS) is 9.26. The molecule has 0 atom stereocenters. The number of amides is 1. The highest BCUT2D eigenvalue weighted by molar-refractivity contribution is 9.10. The fraction of sp³-hybridized carbons (Fsp3) is 0.0769. The number of ether oxygens (including phenoxy) is 1. The number of benzene rings is 1. The van der Waals surface area contributed by atoms with Gasteiger partial charge in [-0.15, -0.1) is 6.42 Å². The summed E-state index contributed by atoms with van der Waals surface area (Å²) in [6.45, 7) is 3.40. The van der Waals surface area contributed by atoms with E-state index in [1.165, 1.54) is 18.2 Å². The van der Waals surface area contributed by atoms with Crippen LogP contribution in [0.5, 0.6) is 0 Å². The fourth-order valence-electron chi connectivity index (χ4n) is 1.30. The minimum absolute atomic E-state index is 0.0101. The summed E-state index contributed by atoms with van der Waals surface area (Å²) in [7, 11) is 0. The molecule has 0 aliphatic rings. The van der Waals surface area contributed by atoms with E-state index in [-0.39, 0.29) is 23.4 Å². The Bertz CT molecular complexity index is 575. The van der Waals surface area contributed by atoms with Gasteiger partial charge < -0.3 is 9.84 Å². The first-order valence-corrected chi connectivity index (χ1v) is 5.87. The number of hydrogen-bond acceptors (Lipinski definition) is 3. The lowest BCUT2D eigenvalue weighted by Gasteiger charge is -2.11. The third-order valence-corrected chi connectivity index (χ3v) is 2.51. The maximum atomic E-state index is 11.4. The Balaban J connectivity index is 3.17. The summed E-state index contributed by atoms with van der Waals surface area (Å²) < 4.78 is 5.22. The van der Waals surface area contributed by atoms with Crippen molar-refractivity contribution in [2.45, 2.75) is 0 Å². The van der Waals surface area contributed by atoms with Crippen LogP contribution in [0.4, 0.5) is 10.5 Å². The van der Waals surface area contributed by atoms with Gasteiger partial charge in [0, 0.05) is 10.0 Å². The predicted octanol–water partition coefficient (Wildman–Crippen LogP) is 2.86. The molecular formula is C13H10BrNO4. The minimum atomic E-state index is -1.21. The Labute approximate surface area is 118 Å². The average Bonchev–Trinajstić information content (AvgIpc) is 2.37. The lowest BCUT2D eigenvalue weighted by molar-refractivity contribution is 0.0698. The number of terminal acetylenes is 1. The van der Waals surface area contributed by atoms with Gasteiger partial charge in [0.1, 0.15) is 6.61 Å². The summed E-state index contributed by atoms with van der Waals surface area (Å²) in [6.07, 6.45) is 5.88. The highest BCUT2D eigenvalue weighted by Gasteiger charge is 2.17. The lowest BCUT2D eigenvalue weighted by atomic mass is 10.1. The molecule has 0 heterocycles. The topological polar surface area (TPSA) is 75.6 Å². The van der Waals surface area contributed by atoms with E-state index in [4.69, 9.17) is 16.3 Å². The van der Waals surface area contributed by atoms with Gasteiger partial charge in [-0.3, -0.25) is 5.32 Å². The summed E-state index contributed by atoms with van der Waals surface area (Å²) in [5.41, 5.74) is 0.132. The van der Waals surface area contributed by atoms with Crippen molar-refractivity contribution in [3.05, 3.63) is 40.4 Å². The van der Waals surface area contributed by atoms with Crippen LogP contribution in [0.1, 0.15) is 15.9 Å². The van der Waals surface area contributed by atoms with Gasteiger partial charge in [-0.05, 0) is 12.1 Å². The van der Waals surface area contributed by atoms with E-state index in [0.29, 0.717) is 4.47 Å². The second-order valence-corrected chi connectivity index (χ2v) is 4.25. The highest BCUT2D eigenvalue weighted by Crippen LogP contribution is 2.26. The predicted molar refractivity (Wildman–Crippen MR) is 74.2 cm³/mol. The number of rotatable bonds is 4. The van der Waals surface area contributed by atoms with Gasteiger partial charge in [0.15, 0.2) is 0 Å². The van der Waals surface area contributed by atoms with Gasteiger partial charge in [0.05, 0.1) is 11.3 Å². The van der Waals surface area contributed by atoms with Gasteiger partial charge in [-0.1, -0.05) is 34.5 Å². The van der Waals surface area contributed by atoms with Crippen molar-refractivity contribution in [1.29, 1.82) is 0 Å². The zero-order valence-electron chi connectivity index (χ0n) is 9.77. The number of halogens is 1. The molecule has 0 unspecified atom stereocenters. The van der Waals surface area contributed by atoms with Gasteiger partial charge in [0.25, 0.3) is 0 Å². The summed E-state index contributed by atoms with van der Waals surface area (Å²) in [4.78, 5) is 22.6. The molecule has 2 N–H and O–H groups in total. The van der Waals surface area contributed by atoms with Crippen molar-refractivity contribution in [1.82, 2.24) is 0 Å². The maximum absolute atomic E-state index is 11.4. The number of nitrogens with one attached hydrogen (secondary N) is 1. The molecule has 19 heavy (non-hydrogen) atoms. The number of aromatic carboxylic acids is 1. The first-order valence-electron chi connectivity index (χ1n) is 5.07. The third-order valence-electron chi connectivity index (χ3n) is 2.05. The zero-order valence-corrected chi connectivity index (χ0v) is 11.4. The largest absolute Gasteiger partial charge is 0.478 e. The van der Waals surface area contributed by atoms with Crippen LogP contribution >= 0.6 is 15.9 Å². The molecule has 98 valence electrons. The molecule has 1 aromatic carbocycles. The number of carboxylic acids is 1. The Hall–Kier alpha value is -2.26. The first kappa shape index (κ1) is 14.8. The molecule has 1 aromatic rings. The fourth-order valence-corrected chi connectivity index (χ4v) is 1.75. The van der Waals surface area contributed by atoms with Crippen molar-refractivity contribution >= 4 is 33.7 Å². The SMILES string of the molecule is C#Cc1cc(Br)cc(C(=O)O)c1NC(=O)OCC=C. The van der Waals surface area contributed by atoms with Crippen molar-refractivity contribution < 1.29 is 19.4 Å². The molecule has 0 aliphatic carbocycles. The maximum Gasteiger partial charge on any atom is 0.411 e. The zero-order chi connectivity index (χ0) is 14.4. The monoisotopic (exact) mass is 323 g/mol. The van der Waals surface area contributed by atoms with E-state index in [0.717, 1.165) is 0 Å². The van der Waals surface area contributed by atoms with Crippen LogP contribution in [0, 0.1) is 12.3 Å². The van der Waals surface area contributed by atoms with E-state index in [2.05, 4.69) is 33.7 Å². The average molecular weight is 324 g/mol. The molecule has 0 spiro atoms. The summed E-state index contributed by atoms with van der Waals surface area (Å²) in [5.74, 6) is 1.10. The van der Waals surface area contributed by atoms with Crippen molar-refractivity contribution in [2.75, 3.05) is 11.9 Å². The number of carbonyl (C=O) groups is 2. The summed E-state index contributed by atoms with van der Waals surface area (Å²) in [5, 5.41) is 11.4. The van der Waals surface area contributed by atoms with Crippen LogP contribution in [-0.4, -0.2) is 23.8 Å². The molecular weight excluding hydrogens is 314 g/mol. The number of carbonyl (C=O) groups excluding carboxylic acids is 1. The lowest BCUT2D eigenvalue weighted by Crippen LogP contribution is -2.17. The van der Waals surface area contributed by atoms with Gasteiger partial charge in [-0.25, -0.2) is 9.59 Å². The molecule has 0 aromatic heterocycles. The second-order valence-electron chi connectivity index (χ2n) is 3.34.